The molecule has 2 aromatic carbocycles. The standard InChI is InChI=1S/C18H18N2O/c21-18(17-10-13-8-4-5-9-15(13)19-17)20-16-11-14(16)12-6-2-1-3-7-12/h1-9,14,16-17,19H,10-11H2,(H,20,21). The van der Waals surface area contributed by atoms with Gasteiger partial charge >= 0.3 is 0 Å². The summed E-state index contributed by atoms with van der Waals surface area (Å²) >= 11 is 0. The maximum atomic E-state index is 12.4. The summed E-state index contributed by atoms with van der Waals surface area (Å²) < 4.78 is 0. The predicted molar refractivity (Wildman–Crippen MR) is 83.3 cm³/mol. The molecule has 3 unspecified atom stereocenters. The van der Waals surface area contributed by atoms with E-state index in [1.807, 2.05) is 24.3 Å². The SMILES string of the molecule is O=C(NC1CC1c1ccccc1)C1Cc2ccccc2N1. The predicted octanol–water partition coefficient (Wildman–Crippen LogP) is 2.70. The summed E-state index contributed by atoms with van der Waals surface area (Å²) in [7, 11) is 0. The summed E-state index contributed by atoms with van der Waals surface area (Å²) in [5.41, 5.74) is 3.64. The van der Waals surface area contributed by atoms with Crippen LogP contribution in [-0.4, -0.2) is 18.0 Å². The highest BCUT2D eigenvalue weighted by atomic mass is 16.2. The largest absolute Gasteiger partial charge is 0.373 e. The van der Waals surface area contributed by atoms with Crippen molar-refractivity contribution in [2.24, 2.45) is 0 Å². The lowest BCUT2D eigenvalue weighted by atomic mass is 10.1. The van der Waals surface area contributed by atoms with E-state index < -0.39 is 0 Å². The summed E-state index contributed by atoms with van der Waals surface area (Å²) in [5, 5.41) is 6.49. The molecule has 4 rings (SSSR count). The van der Waals surface area contributed by atoms with Crippen LogP contribution in [0, 0.1) is 0 Å². The Balaban J connectivity index is 1.36. The van der Waals surface area contributed by atoms with Crippen LogP contribution in [0.4, 0.5) is 5.69 Å². The van der Waals surface area contributed by atoms with Gasteiger partial charge in [0.15, 0.2) is 0 Å². The fourth-order valence-electron chi connectivity index (χ4n) is 3.16. The zero-order chi connectivity index (χ0) is 14.2. The van der Waals surface area contributed by atoms with Gasteiger partial charge in [0.1, 0.15) is 6.04 Å². The fraction of sp³-hybridized carbons (Fsp3) is 0.278. The smallest absolute Gasteiger partial charge is 0.243 e. The van der Waals surface area contributed by atoms with Gasteiger partial charge in [0.05, 0.1) is 0 Å². The number of hydrogen-bond donors (Lipinski definition) is 2. The summed E-state index contributed by atoms with van der Waals surface area (Å²) in [6.07, 6.45) is 1.83. The van der Waals surface area contributed by atoms with E-state index in [1.165, 1.54) is 11.1 Å². The van der Waals surface area contributed by atoms with Crippen molar-refractivity contribution in [2.75, 3.05) is 5.32 Å². The van der Waals surface area contributed by atoms with Crippen molar-refractivity contribution >= 4 is 11.6 Å². The minimum Gasteiger partial charge on any atom is -0.373 e. The zero-order valence-electron chi connectivity index (χ0n) is 11.8. The molecular formula is C18H18N2O. The molecule has 0 aromatic heterocycles. The number of para-hydroxylation sites is 1. The third-order valence-electron chi connectivity index (χ3n) is 4.43. The number of fused-ring (bicyclic) bond motifs is 1. The number of carbonyl (C=O) groups excluding carboxylic acids is 1. The van der Waals surface area contributed by atoms with E-state index in [-0.39, 0.29) is 11.9 Å². The van der Waals surface area contributed by atoms with Crippen molar-refractivity contribution in [3.8, 4) is 0 Å². The van der Waals surface area contributed by atoms with E-state index in [4.69, 9.17) is 0 Å². The first-order chi connectivity index (χ1) is 10.3. The van der Waals surface area contributed by atoms with E-state index in [9.17, 15) is 4.79 Å². The first-order valence-corrected chi connectivity index (χ1v) is 7.51. The second-order valence-corrected chi connectivity index (χ2v) is 5.93. The first-order valence-electron chi connectivity index (χ1n) is 7.51. The number of amides is 1. The number of hydrogen-bond acceptors (Lipinski definition) is 2. The first kappa shape index (κ1) is 12.5. The van der Waals surface area contributed by atoms with Crippen molar-refractivity contribution in [2.45, 2.75) is 30.8 Å². The van der Waals surface area contributed by atoms with Crippen LogP contribution in [0.3, 0.4) is 0 Å². The van der Waals surface area contributed by atoms with Crippen molar-refractivity contribution in [3.05, 3.63) is 65.7 Å². The Kier molecular flexibility index (Phi) is 2.92. The molecule has 0 saturated heterocycles. The molecule has 2 aliphatic rings. The van der Waals surface area contributed by atoms with Gasteiger partial charge in [0, 0.05) is 24.1 Å². The third kappa shape index (κ3) is 2.40. The highest BCUT2D eigenvalue weighted by molar-refractivity contribution is 5.88. The summed E-state index contributed by atoms with van der Waals surface area (Å²) in [6.45, 7) is 0. The molecule has 1 amide bonds. The molecule has 2 N–H and O–H groups in total. The van der Waals surface area contributed by atoms with Crippen LogP contribution in [0.2, 0.25) is 0 Å². The molecule has 106 valence electrons. The minimum absolute atomic E-state index is 0.120. The van der Waals surface area contributed by atoms with Gasteiger partial charge in [-0.1, -0.05) is 48.5 Å². The number of carbonyl (C=O) groups is 1. The molecule has 1 aliphatic carbocycles. The molecule has 3 nitrogen and oxygen atoms in total. The molecule has 1 fully saturated rings. The average molecular weight is 278 g/mol. The second kappa shape index (κ2) is 4.92. The van der Waals surface area contributed by atoms with Gasteiger partial charge in [-0.3, -0.25) is 4.79 Å². The monoisotopic (exact) mass is 278 g/mol. The molecule has 21 heavy (non-hydrogen) atoms. The van der Waals surface area contributed by atoms with Crippen LogP contribution in [-0.2, 0) is 11.2 Å². The molecule has 3 atom stereocenters. The van der Waals surface area contributed by atoms with Crippen LogP contribution in [0.5, 0.6) is 0 Å². The van der Waals surface area contributed by atoms with Crippen molar-refractivity contribution in [1.29, 1.82) is 0 Å². The third-order valence-corrected chi connectivity index (χ3v) is 4.43. The number of rotatable bonds is 3. The molecule has 0 radical (unpaired) electrons. The summed E-state index contributed by atoms with van der Waals surface area (Å²) in [4.78, 5) is 12.4. The van der Waals surface area contributed by atoms with Crippen LogP contribution >= 0.6 is 0 Å². The quantitative estimate of drug-likeness (QED) is 0.906. The van der Waals surface area contributed by atoms with Gasteiger partial charge in [-0.05, 0) is 23.6 Å². The van der Waals surface area contributed by atoms with E-state index in [0.29, 0.717) is 12.0 Å². The van der Waals surface area contributed by atoms with Gasteiger partial charge < -0.3 is 10.6 Å². The van der Waals surface area contributed by atoms with Crippen molar-refractivity contribution in [3.63, 3.8) is 0 Å². The van der Waals surface area contributed by atoms with Crippen LogP contribution in [0.25, 0.3) is 0 Å². The Morgan fingerprint density at radius 1 is 1.05 bits per heavy atom. The molecule has 0 bridgehead atoms. The van der Waals surface area contributed by atoms with Gasteiger partial charge in [-0.2, -0.15) is 0 Å². The van der Waals surface area contributed by atoms with Crippen molar-refractivity contribution in [1.82, 2.24) is 5.32 Å². The molecule has 1 aliphatic heterocycles. The molecule has 0 spiro atoms. The van der Waals surface area contributed by atoms with Crippen LogP contribution in [0.15, 0.2) is 54.6 Å². The topological polar surface area (TPSA) is 41.1 Å². The van der Waals surface area contributed by atoms with Gasteiger partial charge in [0.25, 0.3) is 0 Å². The Bertz CT molecular complexity index is 643. The summed E-state index contributed by atoms with van der Waals surface area (Å²) in [6, 6.07) is 18.7. The normalized spacial score (nSPS) is 25.8. The average Bonchev–Trinajstić information content (AvgIpc) is 3.14. The Morgan fingerprint density at radius 2 is 1.81 bits per heavy atom. The minimum atomic E-state index is -0.126. The van der Waals surface area contributed by atoms with Crippen LogP contribution in [0.1, 0.15) is 23.5 Å². The molecule has 1 heterocycles. The van der Waals surface area contributed by atoms with E-state index in [2.05, 4.69) is 41.0 Å². The number of benzene rings is 2. The summed E-state index contributed by atoms with van der Waals surface area (Å²) in [5.74, 6) is 0.605. The molecule has 1 saturated carbocycles. The lowest BCUT2D eigenvalue weighted by Crippen LogP contribution is -2.39. The van der Waals surface area contributed by atoms with Gasteiger partial charge in [-0.25, -0.2) is 0 Å². The molecular weight excluding hydrogens is 260 g/mol. The lowest BCUT2D eigenvalue weighted by molar-refractivity contribution is -0.121. The maximum Gasteiger partial charge on any atom is 0.243 e. The number of nitrogens with one attached hydrogen (secondary N) is 2. The Hall–Kier alpha value is -2.29. The van der Waals surface area contributed by atoms with Crippen LogP contribution < -0.4 is 10.6 Å². The molecule has 2 aromatic rings. The second-order valence-electron chi connectivity index (χ2n) is 5.93. The number of anilines is 1. The van der Waals surface area contributed by atoms with Gasteiger partial charge in [0.2, 0.25) is 5.91 Å². The fourth-order valence-corrected chi connectivity index (χ4v) is 3.16. The maximum absolute atomic E-state index is 12.4. The van der Waals surface area contributed by atoms with E-state index >= 15 is 0 Å². The lowest BCUT2D eigenvalue weighted by Gasteiger charge is -2.12. The van der Waals surface area contributed by atoms with E-state index in [0.717, 1.165) is 18.5 Å². The highest BCUT2D eigenvalue weighted by Gasteiger charge is 2.40. The molecule has 3 heteroatoms. The Morgan fingerprint density at radius 3 is 2.62 bits per heavy atom. The highest BCUT2D eigenvalue weighted by Crippen LogP contribution is 2.40. The Labute approximate surface area is 124 Å². The van der Waals surface area contributed by atoms with Gasteiger partial charge in [-0.15, -0.1) is 0 Å². The van der Waals surface area contributed by atoms with Crippen molar-refractivity contribution < 1.29 is 4.79 Å². The zero-order valence-corrected chi connectivity index (χ0v) is 11.8. The van der Waals surface area contributed by atoms with E-state index in [1.54, 1.807) is 0 Å².